The predicted molar refractivity (Wildman–Crippen MR) is 73.4 cm³/mol. The van der Waals surface area contributed by atoms with E-state index in [1.807, 2.05) is 5.92 Å². The fourth-order valence-corrected chi connectivity index (χ4v) is 4.79. The van der Waals surface area contributed by atoms with E-state index in [0.29, 0.717) is 10.8 Å². The van der Waals surface area contributed by atoms with Crippen LogP contribution >= 0.6 is 0 Å². The van der Waals surface area contributed by atoms with Crippen molar-refractivity contribution in [2.75, 3.05) is 0 Å². The molecule has 0 aromatic heterocycles. The van der Waals surface area contributed by atoms with E-state index in [4.69, 9.17) is 0 Å². The molecule has 0 saturated heterocycles. The maximum absolute atomic E-state index is 2.42. The fraction of sp³-hybridized carbons (Fsp3) is 0.938. The zero-order valence-corrected chi connectivity index (χ0v) is 12.2. The summed E-state index contributed by atoms with van der Waals surface area (Å²) in [5, 5.41) is 0. The van der Waals surface area contributed by atoms with Gasteiger partial charge in [-0.3, -0.25) is 0 Å². The highest BCUT2D eigenvalue weighted by Gasteiger charge is 2.52. The Hall–Kier alpha value is 0. The lowest BCUT2D eigenvalue weighted by Crippen LogP contribution is -2.48. The summed E-state index contributed by atoms with van der Waals surface area (Å²) in [7, 11) is 0. The lowest BCUT2D eigenvalue weighted by Gasteiger charge is -2.57. The van der Waals surface area contributed by atoms with Gasteiger partial charge in [-0.25, -0.2) is 0 Å². The SMILES string of the molecule is CC[C]1CCCC(CC)(CC)C1(CC)CC. The minimum Gasteiger partial charge on any atom is -0.0648 e. The summed E-state index contributed by atoms with van der Waals surface area (Å²) in [6.07, 6.45) is 11.1. The summed E-state index contributed by atoms with van der Waals surface area (Å²) in [6.45, 7) is 12.1. The second-order valence-corrected chi connectivity index (χ2v) is 5.59. The standard InChI is InChI=1S/C16H31/c1-6-14-12-11-13-15(7-2,8-3)16(14,9-4)10-5/h6-13H2,1-5H3. The topological polar surface area (TPSA) is 0 Å². The molecule has 0 N–H and O–H groups in total. The van der Waals surface area contributed by atoms with Crippen LogP contribution in [0.3, 0.4) is 0 Å². The third kappa shape index (κ3) is 1.83. The first kappa shape index (κ1) is 14.1. The highest BCUT2D eigenvalue weighted by molar-refractivity contribution is 5.16. The van der Waals surface area contributed by atoms with Crippen molar-refractivity contribution in [3.8, 4) is 0 Å². The highest BCUT2D eigenvalue weighted by Crippen LogP contribution is 2.62. The van der Waals surface area contributed by atoms with Crippen molar-refractivity contribution in [3.05, 3.63) is 5.92 Å². The molecule has 0 bridgehead atoms. The zero-order valence-electron chi connectivity index (χ0n) is 12.2. The van der Waals surface area contributed by atoms with Gasteiger partial charge in [0.25, 0.3) is 0 Å². The van der Waals surface area contributed by atoms with E-state index in [1.165, 1.54) is 51.4 Å². The Morgan fingerprint density at radius 1 is 0.875 bits per heavy atom. The van der Waals surface area contributed by atoms with Crippen LogP contribution in [-0.4, -0.2) is 0 Å². The van der Waals surface area contributed by atoms with Crippen LogP contribution < -0.4 is 0 Å². The van der Waals surface area contributed by atoms with E-state index in [0.717, 1.165) is 0 Å². The van der Waals surface area contributed by atoms with Crippen LogP contribution in [0.25, 0.3) is 0 Å². The molecule has 0 nitrogen and oxygen atoms in total. The largest absolute Gasteiger partial charge is 0.0648 e. The Morgan fingerprint density at radius 3 is 1.81 bits per heavy atom. The quantitative estimate of drug-likeness (QED) is 0.555. The van der Waals surface area contributed by atoms with Crippen LogP contribution in [0.15, 0.2) is 0 Å². The van der Waals surface area contributed by atoms with Gasteiger partial charge in [-0.2, -0.15) is 0 Å². The molecule has 16 heavy (non-hydrogen) atoms. The molecule has 1 rings (SSSR count). The van der Waals surface area contributed by atoms with Crippen molar-refractivity contribution >= 4 is 0 Å². The van der Waals surface area contributed by atoms with E-state index < -0.39 is 0 Å². The van der Waals surface area contributed by atoms with Crippen molar-refractivity contribution in [3.63, 3.8) is 0 Å². The van der Waals surface area contributed by atoms with Gasteiger partial charge in [-0.15, -0.1) is 0 Å². The normalized spacial score (nSPS) is 24.6. The van der Waals surface area contributed by atoms with E-state index in [1.54, 1.807) is 0 Å². The van der Waals surface area contributed by atoms with Crippen LogP contribution in [0.5, 0.6) is 0 Å². The molecule has 0 aliphatic heterocycles. The molecule has 95 valence electrons. The third-order valence-electron chi connectivity index (χ3n) is 5.81. The molecule has 0 aromatic carbocycles. The van der Waals surface area contributed by atoms with E-state index in [-0.39, 0.29) is 0 Å². The van der Waals surface area contributed by atoms with E-state index in [2.05, 4.69) is 34.6 Å². The summed E-state index contributed by atoms with van der Waals surface area (Å²) in [5.74, 6) is 1.88. The summed E-state index contributed by atoms with van der Waals surface area (Å²) in [5.41, 5.74) is 1.17. The van der Waals surface area contributed by atoms with Gasteiger partial charge in [0.1, 0.15) is 0 Å². The second-order valence-electron chi connectivity index (χ2n) is 5.59. The lowest BCUT2D eigenvalue weighted by atomic mass is 9.47. The Morgan fingerprint density at radius 2 is 1.44 bits per heavy atom. The van der Waals surface area contributed by atoms with Crippen LogP contribution in [0.2, 0.25) is 0 Å². The van der Waals surface area contributed by atoms with Gasteiger partial charge in [-0.05, 0) is 61.7 Å². The molecule has 0 atom stereocenters. The predicted octanol–water partition coefficient (Wildman–Crippen LogP) is 5.77. The van der Waals surface area contributed by atoms with Gasteiger partial charge >= 0.3 is 0 Å². The van der Waals surface area contributed by atoms with Crippen LogP contribution in [0, 0.1) is 16.7 Å². The van der Waals surface area contributed by atoms with Gasteiger partial charge in [-0.1, -0.05) is 41.0 Å². The van der Waals surface area contributed by atoms with Gasteiger partial charge in [0.05, 0.1) is 0 Å². The van der Waals surface area contributed by atoms with Crippen molar-refractivity contribution < 1.29 is 0 Å². The number of rotatable bonds is 5. The molecule has 0 heteroatoms. The van der Waals surface area contributed by atoms with Gasteiger partial charge in [0, 0.05) is 0 Å². The molecule has 0 spiro atoms. The van der Waals surface area contributed by atoms with Crippen molar-refractivity contribution in [2.45, 2.75) is 86.0 Å². The Bertz CT molecular complexity index is 196. The van der Waals surface area contributed by atoms with Crippen molar-refractivity contribution in [2.24, 2.45) is 10.8 Å². The molecule has 0 heterocycles. The molecular weight excluding hydrogens is 192 g/mol. The maximum Gasteiger partial charge on any atom is -0.0177 e. The summed E-state index contributed by atoms with van der Waals surface area (Å²) in [6, 6.07) is 0. The Balaban J connectivity index is 3.13. The monoisotopic (exact) mass is 223 g/mol. The molecule has 1 aliphatic carbocycles. The third-order valence-corrected chi connectivity index (χ3v) is 5.81. The minimum absolute atomic E-state index is 0.559. The Kier molecular flexibility index (Phi) is 4.88. The molecular formula is C16H31. The summed E-state index contributed by atoms with van der Waals surface area (Å²) >= 11 is 0. The highest BCUT2D eigenvalue weighted by atomic mass is 14.6. The van der Waals surface area contributed by atoms with Crippen LogP contribution in [0.1, 0.15) is 86.0 Å². The molecule has 1 saturated carbocycles. The Labute approximate surface area is 103 Å². The lowest BCUT2D eigenvalue weighted by molar-refractivity contribution is -0.0129. The van der Waals surface area contributed by atoms with Gasteiger partial charge in [0.15, 0.2) is 0 Å². The van der Waals surface area contributed by atoms with Crippen molar-refractivity contribution in [1.82, 2.24) is 0 Å². The smallest absolute Gasteiger partial charge is 0.0177 e. The molecule has 0 unspecified atom stereocenters. The number of hydrogen-bond acceptors (Lipinski definition) is 0. The average molecular weight is 223 g/mol. The first-order chi connectivity index (χ1) is 7.66. The van der Waals surface area contributed by atoms with Gasteiger partial charge < -0.3 is 0 Å². The maximum atomic E-state index is 2.42. The fourth-order valence-electron chi connectivity index (χ4n) is 4.79. The minimum atomic E-state index is 0.559. The first-order valence-corrected chi connectivity index (χ1v) is 7.51. The summed E-state index contributed by atoms with van der Waals surface area (Å²) in [4.78, 5) is 0. The van der Waals surface area contributed by atoms with Gasteiger partial charge in [0.2, 0.25) is 0 Å². The second kappa shape index (κ2) is 5.56. The first-order valence-electron chi connectivity index (χ1n) is 7.51. The molecule has 1 fully saturated rings. The number of hydrogen-bond donors (Lipinski definition) is 0. The van der Waals surface area contributed by atoms with Crippen molar-refractivity contribution in [1.29, 1.82) is 0 Å². The zero-order chi connectivity index (χ0) is 12.2. The molecule has 0 aromatic rings. The van der Waals surface area contributed by atoms with Crippen LogP contribution in [-0.2, 0) is 0 Å². The molecule has 1 radical (unpaired) electrons. The van der Waals surface area contributed by atoms with Crippen LogP contribution in [0.4, 0.5) is 0 Å². The van der Waals surface area contributed by atoms with E-state index in [9.17, 15) is 0 Å². The average Bonchev–Trinajstić information content (AvgIpc) is 2.37. The summed E-state index contributed by atoms with van der Waals surface area (Å²) < 4.78 is 0. The van der Waals surface area contributed by atoms with E-state index >= 15 is 0 Å². The molecule has 1 aliphatic rings. The molecule has 0 amide bonds.